The molecule has 0 aliphatic heterocycles. The van der Waals surface area contributed by atoms with E-state index in [-0.39, 0.29) is 12.5 Å². The van der Waals surface area contributed by atoms with Crippen molar-refractivity contribution >= 4 is 45.4 Å². The number of hydrogen-bond donors (Lipinski definition) is 3. The molecule has 7 nitrogen and oxygen atoms in total. The molecular weight excluding hydrogens is 446 g/mol. The van der Waals surface area contributed by atoms with Crippen LogP contribution in [0.5, 0.6) is 0 Å². The van der Waals surface area contributed by atoms with E-state index in [1.54, 1.807) is 24.3 Å². The second-order valence-corrected chi connectivity index (χ2v) is 9.83. The highest BCUT2D eigenvalue weighted by Gasteiger charge is 2.23. The third kappa shape index (κ3) is 8.49. The lowest BCUT2D eigenvalue weighted by molar-refractivity contribution is -0.125. The van der Waals surface area contributed by atoms with Crippen molar-refractivity contribution < 1.29 is 18.0 Å². The average molecular weight is 476 g/mol. The van der Waals surface area contributed by atoms with Crippen LogP contribution < -0.4 is 15.4 Å². The molecule has 0 fully saturated rings. The van der Waals surface area contributed by atoms with Crippen LogP contribution >= 0.6 is 11.8 Å². The number of thioether (sulfide) groups is 1. The van der Waals surface area contributed by atoms with Crippen LogP contribution in [0.25, 0.3) is 6.08 Å². The predicted molar refractivity (Wildman–Crippen MR) is 132 cm³/mol. The highest BCUT2D eigenvalue weighted by molar-refractivity contribution is 7.98. The Kier molecular flexibility index (Phi) is 9.96. The van der Waals surface area contributed by atoms with Gasteiger partial charge in [0, 0.05) is 11.1 Å². The molecule has 0 unspecified atom stereocenters. The lowest BCUT2D eigenvalue weighted by atomic mass is 10.1. The van der Waals surface area contributed by atoms with Crippen molar-refractivity contribution in [2.24, 2.45) is 0 Å². The van der Waals surface area contributed by atoms with E-state index in [2.05, 4.69) is 15.4 Å². The van der Waals surface area contributed by atoms with Crippen molar-refractivity contribution in [2.45, 2.75) is 26.3 Å². The molecule has 0 aromatic heterocycles. The van der Waals surface area contributed by atoms with Gasteiger partial charge in [-0.05, 0) is 55.0 Å². The summed E-state index contributed by atoms with van der Waals surface area (Å²) in [6, 6.07) is 13.7. The molecule has 2 aromatic carbocycles. The molecule has 2 aromatic rings. The summed E-state index contributed by atoms with van der Waals surface area (Å²) in [6.07, 6.45) is 3.63. The van der Waals surface area contributed by atoms with Gasteiger partial charge in [-0.1, -0.05) is 48.5 Å². The van der Waals surface area contributed by atoms with Crippen LogP contribution in [-0.2, 0) is 19.6 Å². The molecule has 0 aliphatic carbocycles. The molecule has 0 spiro atoms. The van der Waals surface area contributed by atoms with E-state index in [1.165, 1.54) is 17.8 Å². The Balaban J connectivity index is 1.99. The second kappa shape index (κ2) is 12.4. The third-order valence-electron chi connectivity index (χ3n) is 4.64. The Morgan fingerprint density at radius 1 is 1.03 bits per heavy atom. The van der Waals surface area contributed by atoms with E-state index in [1.807, 2.05) is 44.4 Å². The molecule has 3 N–H and O–H groups in total. The number of sulfonamides is 1. The minimum atomic E-state index is -3.85. The van der Waals surface area contributed by atoms with Gasteiger partial charge in [0.2, 0.25) is 21.8 Å². The van der Waals surface area contributed by atoms with Gasteiger partial charge < -0.3 is 10.6 Å². The Morgan fingerprint density at radius 2 is 1.69 bits per heavy atom. The van der Waals surface area contributed by atoms with Crippen LogP contribution in [0.1, 0.15) is 23.1 Å². The Morgan fingerprint density at radius 3 is 2.31 bits per heavy atom. The van der Waals surface area contributed by atoms with Crippen LogP contribution in [0.2, 0.25) is 0 Å². The highest BCUT2D eigenvalue weighted by Crippen LogP contribution is 2.19. The Hall–Kier alpha value is -2.62. The molecule has 0 saturated carbocycles. The molecule has 2 rings (SSSR count). The summed E-state index contributed by atoms with van der Waals surface area (Å²) in [4.78, 5) is 25.0. The average Bonchev–Trinajstić information content (AvgIpc) is 2.77. The number of amides is 2. The molecule has 0 saturated heterocycles. The van der Waals surface area contributed by atoms with Gasteiger partial charge in [0.1, 0.15) is 6.04 Å². The molecule has 2 amide bonds. The SMILES string of the molecule is CSCC[C@@H](NS(=O)(=O)/C=C\c1ccccc1)C(=O)NCC(=O)Nc1c(C)cccc1C. The maximum absolute atomic E-state index is 12.6. The number of rotatable bonds is 11. The van der Waals surface area contributed by atoms with Crippen molar-refractivity contribution in [2.75, 3.05) is 23.9 Å². The summed E-state index contributed by atoms with van der Waals surface area (Å²) >= 11 is 1.50. The van der Waals surface area contributed by atoms with Crippen LogP contribution in [0.15, 0.2) is 53.9 Å². The first-order valence-electron chi connectivity index (χ1n) is 10.1. The first kappa shape index (κ1) is 25.6. The molecule has 0 heterocycles. The van der Waals surface area contributed by atoms with Gasteiger partial charge in [-0.25, -0.2) is 8.42 Å². The van der Waals surface area contributed by atoms with E-state index < -0.39 is 22.0 Å². The largest absolute Gasteiger partial charge is 0.346 e. The molecule has 172 valence electrons. The topological polar surface area (TPSA) is 104 Å². The number of benzene rings is 2. The zero-order chi connectivity index (χ0) is 23.6. The zero-order valence-corrected chi connectivity index (χ0v) is 20.1. The first-order valence-corrected chi connectivity index (χ1v) is 13.0. The van der Waals surface area contributed by atoms with Gasteiger partial charge >= 0.3 is 0 Å². The highest BCUT2D eigenvalue weighted by atomic mass is 32.2. The van der Waals surface area contributed by atoms with Crippen LogP contribution in [0, 0.1) is 13.8 Å². The summed E-state index contributed by atoms with van der Waals surface area (Å²) in [5, 5.41) is 6.37. The lowest BCUT2D eigenvalue weighted by Crippen LogP contribution is -2.48. The van der Waals surface area contributed by atoms with Crippen molar-refractivity contribution in [3.8, 4) is 0 Å². The molecular formula is C23H29N3O4S2. The van der Waals surface area contributed by atoms with Crippen molar-refractivity contribution in [1.82, 2.24) is 10.0 Å². The molecule has 0 radical (unpaired) electrons. The van der Waals surface area contributed by atoms with Crippen LogP contribution in [-0.4, -0.2) is 44.8 Å². The van der Waals surface area contributed by atoms with E-state index >= 15 is 0 Å². The number of hydrogen-bond acceptors (Lipinski definition) is 5. The number of aryl methyl sites for hydroxylation is 2. The number of carbonyl (C=O) groups excluding carboxylic acids is 2. The van der Waals surface area contributed by atoms with Crippen molar-refractivity contribution in [3.63, 3.8) is 0 Å². The standard InChI is InChI=1S/C23H29N3O4S2/c1-17-8-7-9-18(2)22(17)25-21(27)16-24-23(28)20(12-14-31-3)26-32(29,30)15-13-19-10-5-4-6-11-19/h4-11,13,15,20,26H,12,14,16H2,1-3H3,(H,24,28)(H,25,27)/b15-13-/t20-/m1/s1. The van der Waals surface area contributed by atoms with Gasteiger partial charge in [-0.3, -0.25) is 9.59 Å². The first-order chi connectivity index (χ1) is 15.2. The molecule has 32 heavy (non-hydrogen) atoms. The maximum Gasteiger partial charge on any atom is 0.243 e. The quantitative estimate of drug-likeness (QED) is 0.463. The zero-order valence-electron chi connectivity index (χ0n) is 18.4. The molecule has 0 aliphatic rings. The summed E-state index contributed by atoms with van der Waals surface area (Å²) in [7, 11) is -3.85. The van der Waals surface area contributed by atoms with Crippen molar-refractivity contribution in [1.29, 1.82) is 0 Å². The van der Waals surface area contributed by atoms with Gasteiger partial charge in [0.25, 0.3) is 0 Å². The predicted octanol–water partition coefficient (Wildman–Crippen LogP) is 3.07. The monoisotopic (exact) mass is 475 g/mol. The van der Waals surface area contributed by atoms with Crippen molar-refractivity contribution in [3.05, 3.63) is 70.6 Å². The number of anilines is 1. The van der Waals surface area contributed by atoms with Crippen LogP contribution in [0.4, 0.5) is 5.69 Å². The number of para-hydroxylation sites is 1. The maximum atomic E-state index is 12.6. The number of nitrogens with one attached hydrogen (secondary N) is 3. The fourth-order valence-electron chi connectivity index (χ4n) is 2.93. The molecule has 9 heteroatoms. The summed E-state index contributed by atoms with van der Waals surface area (Å²) in [5.74, 6) is -0.351. The third-order valence-corrected chi connectivity index (χ3v) is 6.39. The van der Waals surface area contributed by atoms with Crippen LogP contribution in [0.3, 0.4) is 0 Å². The van der Waals surface area contributed by atoms with E-state index in [0.29, 0.717) is 17.9 Å². The summed E-state index contributed by atoms with van der Waals surface area (Å²) in [5.41, 5.74) is 3.27. The van der Waals surface area contributed by atoms with Gasteiger partial charge in [-0.15, -0.1) is 0 Å². The van der Waals surface area contributed by atoms with E-state index in [0.717, 1.165) is 22.1 Å². The normalized spacial score (nSPS) is 12.5. The Bertz CT molecular complexity index is 1030. The van der Waals surface area contributed by atoms with E-state index in [9.17, 15) is 18.0 Å². The fraction of sp³-hybridized carbons (Fsp3) is 0.304. The Labute approximate surface area is 194 Å². The van der Waals surface area contributed by atoms with Gasteiger partial charge in [0.05, 0.1) is 6.54 Å². The number of carbonyl (C=O) groups is 2. The second-order valence-electron chi connectivity index (χ2n) is 7.24. The summed E-state index contributed by atoms with van der Waals surface area (Å²) < 4.78 is 27.4. The minimum Gasteiger partial charge on any atom is -0.346 e. The van der Waals surface area contributed by atoms with Gasteiger partial charge in [0.15, 0.2) is 0 Å². The molecule has 1 atom stereocenters. The smallest absolute Gasteiger partial charge is 0.243 e. The molecule has 0 bridgehead atoms. The van der Waals surface area contributed by atoms with E-state index in [4.69, 9.17) is 0 Å². The fourth-order valence-corrected chi connectivity index (χ4v) is 4.44. The van der Waals surface area contributed by atoms with Gasteiger partial charge in [-0.2, -0.15) is 16.5 Å². The summed E-state index contributed by atoms with van der Waals surface area (Å²) in [6.45, 7) is 3.51. The minimum absolute atomic E-state index is 0.260. The lowest BCUT2D eigenvalue weighted by Gasteiger charge is -2.17.